The minimum atomic E-state index is -5.48. The van der Waals surface area contributed by atoms with Gasteiger partial charge in [-0.3, -0.25) is 4.98 Å². The van der Waals surface area contributed by atoms with E-state index in [0.717, 1.165) is 18.3 Å². The van der Waals surface area contributed by atoms with E-state index in [4.69, 9.17) is 11.6 Å². The van der Waals surface area contributed by atoms with Crippen molar-refractivity contribution in [1.82, 2.24) is 15.0 Å². The summed E-state index contributed by atoms with van der Waals surface area (Å²) in [6, 6.07) is 13.3. The van der Waals surface area contributed by atoms with E-state index in [-0.39, 0.29) is 34.8 Å². The van der Waals surface area contributed by atoms with Crippen molar-refractivity contribution in [2.45, 2.75) is 30.5 Å². The topological polar surface area (TPSA) is 53.6 Å². The second-order valence-electron chi connectivity index (χ2n) is 9.74. The maximum absolute atomic E-state index is 14.8. The Morgan fingerprint density at radius 2 is 1.43 bits per heavy atom. The number of imidazole rings is 1. The van der Waals surface area contributed by atoms with Gasteiger partial charge in [-0.15, -0.1) is 0 Å². The second kappa shape index (κ2) is 11.0. The van der Waals surface area contributed by atoms with Crippen LogP contribution in [0.2, 0.25) is 5.02 Å². The van der Waals surface area contributed by atoms with Crippen LogP contribution in [0.5, 0.6) is 0 Å². The Bertz CT molecular complexity index is 1800. The van der Waals surface area contributed by atoms with Gasteiger partial charge in [0, 0.05) is 12.6 Å². The summed E-state index contributed by atoms with van der Waals surface area (Å²) < 4.78 is 139. The molecule has 1 atom stereocenters. The first-order valence-electron chi connectivity index (χ1n) is 12.5. The molecule has 230 valence electrons. The number of aromatic amines is 1. The molecule has 0 radical (unpaired) electrons. The highest BCUT2D eigenvalue weighted by Crippen LogP contribution is 2.45. The molecule has 0 bridgehead atoms. The third-order valence-corrected chi connectivity index (χ3v) is 7.00. The van der Waals surface area contributed by atoms with Gasteiger partial charge in [-0.1, -0.05) is 41.9 Å². The molecular formula is C29H17ClF10N4. The van der Waals surface area contributed by atoms with Gasteiger partial charge in [0.05, 0.1) is 38.4 Å². The molecule has 0 aliphatic carbocycles. The Kier molecular flexibility index (Phi) is 7.77. The van der Waals surface area contributed by atoms with Crippen LogP contribution in [0, 0.1) is 5.82 Å². The number of hydrogen-bond acceptors (Lipinski definition) is 3. The summed E-state index contributed by atoms with van der Waals surface area (Å²) in [6.45, 7) is 0. The fraction of sp³-hybridized carbons (Fsp3) is 0.172. The zero-order valence-corrected chi connectivity index (χ0v) is 22.5. The molecule has 5 aromatic rings. The van der Waals surface area contributed by atoms with Gasteiger partial charge in [0.1, 0.15) is 11.4 Å². The molecule has 15 heteroatoms. The van der Waals surface area contributed by atoms with Crippen molar-refractivity contribution in [3.8, 4) is 0 Å². The van der Waals surface area contributed by atoms with Gasteiger partial charge in [0.2, 0.25) is 5.95 Å². The van der Waals surface area contributed by atoms with Gasteiger partial charge in [-0.2, -0.15) is 39.5 Å². The van der Waals surface area contributed by atoms with E-state index in [1.54, 1.807) is 30.3 Å². The first-order chi connectivity index (χ1) is 20.5. The standard InChI is InChI=1S/C29H17ClF10N4/c30-18-6-9-22(41-14-18)26(13-15-4-2-1-3-5-15,16-10-17(27(32,33)34)12-19(31)11-16)44-25-42-21-8-7-20(28(35,36)37)23(24(21)43-25)29(38,39)40/h1-12,14H,13H2,(H2,42,43,44)/t26-/m1/s1. The highest BCUT2D eigenvalue weighted by atomic mass is 35.5. The number of hydrogen-bond donors (Lipinski definition) is 2. The zero-order valence-electron chi connectivity index (χ0n) is 21.8. The van der Waals surface area contributed by atoms with Gasteiger partial charge < -0.3 is 10.3 Å². The number of nitrogens with one attached hydrogen (secondary N) is 2. The number of H-pyrrole nitrogens is 1. The molecule has 2 heterocycles. The quantitative estimate of drug-likeness (QED) is 0.181. The van der Waals surface area contributed by atoms with Crippen molar-refractivity contribution in [2.75, 3.05) is 5.32 Å². The number of halogens is 11. The molecule has 3 aromatic carbocycles. The molecule has 4 nitrogen and oxygen atoms in total. The van der Waals surface area contributed by atoms with E-state index in [0.29, 0.717) is 11.6 Å². The summed E-state index contributed by atoms with van der Waals surface area (Å²) in [5.41, 5.74) is -8.89. The van der Waals surface area contributed by atoms with E-state index < -0.39 is 63.6 Å². The Morgan fingerprint density at radius 1 is 0.750 bits per heavy atom. The summed E-state index contributed by atoms with van der Waals surface area (Å²) >= 11 is 6.00. The van der Waals surface area contributed by atoms with Crippen LogP contribution in [0.1, 0.15) is 33.5 Å². The number of anilines is 1. The lowest BCUT2D eigenvalue weighted by Gasteiger charge is -2.36. The molecule has 0 saturated heterocycles. The van der Waals surface area contributed by atoms with Crippen LogP contribution in [0.15, 0.2) is 79.0 Å². The Balaban J connectivity index is 1.81. The number of fused-ring (bicyclic) bond motifs is 1. The summed E-state index contributed by atoms with van der Waals surface area (Å²) in [5.74, 6) is -1.85. The van der Waals surface area contributed by atoms with Crippen LogP contribution in [-0.4, -0.2) is 15.0 Å². The lowest BCUT2D eigenvalue weighted by molar-refractivity contribution is -0.161. The molecule has 0 fully saturated rings. The summed E-state index contributed by atoms with van der Waals surface area (Å²) in [7, 11) is 0. The smallest absolute Gasteiger partial charge is 0.340 e. The molecule has 0 aliphatic rings. The highest BCUT2D eigenvalue weighted by Gasteiger charge is 2.46. The van der Waals surface area contributed by atoms with E-state index >= 15 is 0 Å². The van der Waals surface area contributed by atoms with Crippen molar-refractivity contribution >= 4 is 28.6 Å². The predicted octanol–water partition coefficient (Wildman–Crippen LogP) is 9.41. The molecule has 2 N–H and O–H groups in total. The first-order valence-corrected chi connectivity index (χ1v) is 12.8. The molecule has 2 aromatic heterocycles. The summed E-state index contributed by atoms with van der Waals surface area (Å²) in [5, 5.41) is 2.89. The average Bonchev–Trinajstić information content (AvgIpc) is 3.33. The minimum absolute atomic E-state index is 0.0584. The maximum Gasteiger partial charge on any atom is 0.419 e. The number of aromatic nitrogens is 3. The van der Waals surface area contributed by atoms with Crippen LogP contribution in [0.4, 0.5) is 49.9 Å². The number of rotatable bonds is 6. The summed E-state index contributed by atoms with van der Waals surface area (Å²) in [4.78, 5) is 10.4. The van der Waals surface area contributed by atoms with Crippen molar-refractivity contribution in [3.05, 3.63) is 123 Å². The lowest BCUT2D eigenvalue weighted by Crippen LogP contribution is -2.40. The van der Waals surface area contributed by atoms with Gasteiger partial charge in [0.25, 0.3) is 0 Å². The van der Waals surface area contributed by atoms with Gasteiger partial charge in [0.15, 0.2) is 0 Å². The number of pyridine rings is 1. The molecule has 44 heavy (non-hydrogen) atoms. The van der Waals surface area contributed by atoms with Crippen molar-refractivity contribution in [2.24, 2.45) is 0 Å². The van der Waals surface area contributed by atoms with Gasteiger partial charge in [-0.25, -0.2) is 9.37 Å². The molecule has 5 rings (SSSR count). The summed E-state index contributed by atoms with van der Waals surface area (Å²) in [6.07, 6.45) is -15.0. The maximum atomic E-state index is 14.8. The monoisotopic (exact) mass is 646 g/mol. The van der Waals surface area contributed by atoms with Crippen LogP contribution in [-0.2, 0) is 30.5 Å². The van der Waals surface area contributed by atoms with Crippen LogP contribution in [0.25, 0.3) is 11.0 Å². The predicted molar refractivity (Wildman–Crippen MR) is 141 cm³/mol. The van der Waals surface area contributed by atoms with Crippen molar-refractivity contribution in [1.29, 1.82) is 0 Å². The van der Waals surface area contributed by atoms with E-state index in [2.05, 4.69) is 20.3 Å². The largest absolute Gasteiger partial charge is 0.419 e. The highest BCUT2D eigenvalue weighted by molar-refractivity contribution is 6.30. The van der Waals surface area contributed by atoms with E-state index in [1.807, 2.05) is 0 Å². The van der Waals surface area contributed by atoms with Crippen LogP contribution in [0.3, 0.4) is 0 Å². The Hall–Kier alpha value is -4.33. The number of nitrogens with zero attached hydrogens (tertiary/aromatic N) is 2. The molecule has 0 unspecified atom stereocenters. The molecule has 0 saturated carbocycles. The molecular weight excluding hydrogens is 630 g/mol. The number of alkyl halides is 9. The SMILES string of the molecule is Fc1cc(C(F)(F)F)cc([C@@](Cc2ccccc2)(Nc2nc3ccc(C(F)(F)F)c(C(F)(F)F)c3[nH]2)c2ccc(Cl)cn2)c1. The van der Waals surface area contributed by atoms with Gasteiger partial charge >= 0.3 is 18.5 Å². The van der Waals surface area contributed by atoms with Crippen molar-refractivity contribution in [3.63, 3.8) is 0 Å². The van der Waals surface area contributed by atoms with Crippen LogP contribution >= 0.6 is 11.6 Å². The minimum Gasteiger partial charge on any atom is -0.340 e. The third kappa shape index (κ3) is 6.16. The number of benzene rings is 3. The van der Waals surface area contributed by atoms with Gasteiger partial charge in [-0.05, 0) is 53.6 Å². The fourth-order valence-corrected chi connectivity index (χ4v) is 5.03. The fourth-order valence-electron chi connectivity index (χ4n) is 4.92. The second-order valence-corrected chi connectivity index (χ2v) is 10.2. The normalized spacial score (nSPS) is 14.1. The van der Waals surface area contributed by atoms with Crippen LogP contribution < -0.4 is 5.32 Å². The molecule has 0 aliphatic heterocycles. The molecule has 0 spiro atoms. The lowest BCUT2D eigenvalue weighted by atomic mass is 9.80. The third-order valence-electron chi connectivity index (χ3n) is 6.77. The molecule has 0 amide bonds. The van der Waals surface area contributed by atoms with E-state index in [9.17, 15) is 43.9 Å². The Labute approximate surface area is 246 Å². The zero-order chi connectivity index (χ0) is 32.1. The van der Waals surface area contributed by atoms with Crippen molar-refractivity contribution < 1.29 is 43.9 Å². The average molecular weight is 647 g/mol. The van der Waals surface area contributed by atoms with E-state index in [1.165, 1.54) is 12.1 Å². The Morgan fingerprint density at radius 3 is 2.02 bits per heavy atom. The first kappa shape index (κ1) is 31.1.